The predicted molar refractivity (Wildman–Crippen MR) is 121 cm³/mol. The summed E-state index contributed by atoms with van der Waals surface area (Å²) in [6.07, 6.45) is 5.70. The number of H-pyrrole nitrogens is 1. The van der Waals surface area contributed by atoms with Crippen molar-refractivity contribution >= 4 is 10.0 Å². The Hall–Kier alpha value is -2.75. The van der Waals surface area contributed by atoms with Gasteiger partial charge in [-0.15, -0.1) is 0 Å². The van der Waals surface area contributed by atoms with Crippen molar-refractivity contribution in [1.29, 1.82) is 0 Å². The van der Waals surface area contributed by atoms with Gasteiger partial charge < -0.3 is 14.5 Å². The van der Waals surface area contributed by atoms with Gasteiger partial charge in [-0.3, -0.25) is 4.79 Å². The zero-order chi connectivity index (χ0) is 22.8. The molecule has 3 N–H and O–H groups in total. The van der Waals surface area contributed by atoms with Crippen molar-refractivity contribution in [3.63, 3.8) is 0 Å². The molecule has 4 rings (SSSR count). The Morgan fingerprint density at radius 2 is 2.09 bits per heavy atom. The molecule has 1 aliphatic rings. The second kappa shape index (κ2) is 9.01. The number of hydrogen-bond donors (Lipinski definition) is 3. The number of pyridine rings is 1. The Bertz CT molecular complexity index is 1250. The summed E-state index contributed by atoms with van der Waals surface area (Å²) in [7, 11) is -3.33. The molecule has 0 unspecified atom stereocenters. The normalized spacial score (nSPS) is 21.1. The summed E-state index contributed by atoms with van der Waals surface area (Å²) in [5.74, 6) is 0.567. The van der Waals surface area contributed by atoms with Gasteiger partial charge in [-0.25, -0.2) is 18.1 Å². The van der Waals surface area contributed by atoms with E-state index in [0.29, 0.717) is 43.7 Å². The predicted octanol–water partition coefficient (Wildman–Crippen LogP) is 2.15. The SMILES string of the molecule is CS(=O)(=O)N[C@H]1CC[C@](Cc2cccc(-c3cccc(=O)[nH]3)c2)(c2nc(CCO)co2)C1. The number of nitrogens with one attached hydrogen (secondary N) is 2. The van der Waals surface area contributed by atoms with E-state index in [1.807, 2.05) is 30.3 Å². The summed E-state index contributed by atoms with van der Waals surface area (Å²) in [4.78, 5) is 19.2. The maximum absolute atomic E-state index is 11.8. The summed E-state index contributed by atoms with van der Waals surface area (Å²) in [5, 5.41) is 9.24. The van der Waals surface area contributed by atoms with E-state index >= 15 is 0 Å². The number of oxazole rings is 1. The van der Waals surface area contributed by atoms with E-state index < -0.39 is 15.4 Å². The summed E-state index contributed by atoms with van der Waals surface area (Å²) in [5.41, 5.74) is 2.71. The number of sulfonamides is 1. The highest BCUT2D eigenvalue weighted by Gasteiger charge is 2.45. The molecule has 2 aromatic heterocycles. The summed E-state index contributed by atoms with van der Waals surface area (Å²) in [6, 6.07) is 12.8. The quantitative estimate of drug-likeness (QED) is 0.476. The third-order valence-electron chi connectivity index (χ3n) is 5.91. The highest BCUT2D eigenvalue weighted by Crippen LogP contribution is 2.44. The number of nitrogens with zero attached hydrogens (tertiary/aromatic N) is 1. The molecule has 8 nitrogen and oxygen atoms in total. The number of aromatic nitrogens is 2. The van der Waals surface area contributed by atoms with Crippen LogP contribution >= 0.6 is 0 Å². The molecule has 2 atom stereocenters. The Labute approximate surface area is 186 Å². The standard InChI is InChI=1S/C23H27N3O5S/c1-32(29,30)26-18-8-10-23(14-18,22-24-19(9-11-27)15-31-22)13-16-4-2-5-17(12-16)20-6-3-7-21(28)25-20/h2-7,12,15,18,26-27H,8-11,13-14H2,1H3,(H,25,28)/t18-,23+/m0/s1. The van der Waals surface area contributed by atoms with Crippen LogP contribution in [0.1, 0.15) is 36.4 Å². The van der Waals surface area contributed by atoms with E-state index in [4.69, 9.17) is 4.42 Å². The Kier molecular flexibility index (Phi) is 6.32. The van der Waals surface area contributed by atoms with Crippen molar-refractivity contribution in [3.8, 4) is 11.3 Å². The van der Waals surface area contributed by atoms with Crippen LogP contribution in [-0.2, 0) is 28.3 Å². The molecular weight excluding hydrogens is 430 g/mol. The molecule has 0 aliphatic heterocycles. The second-order valence-electron chi connectivity index (χ2n) is 8.53. The van der Waals surface area contributed by atoms with Crippen LogP contribution < -0.4 is 10.3 Å². The van der Waals surface area contributed by atoms with Gasteiger partial charge in [-0.05, 0) is 48.9 Å². The van der Waals surface area contributed by atoms with Crippen molar-refractivity contribution in [2.45, 2.75) is 43.6 Å². The van der Waals surface area contributed by atoms with Gasteiger partial charge in [0.25, 0.3) is 0 Å². The number of hydrogen-bond acceptors (Lipinski definition) is 6. The van der Waals surface area contributed by atoms with Crippen LogP contribution in [0, 0.1) is 0 Å². The van der Waals surface area contributed by atoms with Crippen molar-refractivity contribution in [2.75, 3.05) is 12.9 Å². The number of benzene rings is 1. The molecule has 1 saturated carbocycles. The molecule has 170 valence electrons. The lowest BCUT2D eigenvalue weighted by molar-refractivity contribution is 0.298. The van der Waals surface area contributed by atoms with Crippen LogP contribution in [0.5, 0.6) is 0 Å². The van der Waals surface area contributed by atoms with E-state index in [9.17, 15) is 18.3 Å². The number of aliphatic hydroxyl groups excluding tert-OH is 1. The van der Waals surface area contributed by atoms with Crippen LogP contribution in [0.25, 0.3) is 11.3 Å². The molecule has 2 heterocycles. The van der Waals surface area contributed by atoms with Crippen molar-refractivity contribution < 1.29 is 17.9 Å². The van der Waals surface area contributed by atoms with E-state index in [1.165, 1.54) is 12.3 Å². The second-order valence-corrected chi connectivity index (χ2v) is 10.3. The van der Waals surface area contributed by atoms with Crippen LogP contribution in [0.15, 0.2) is 57.9 Å². The van der Waals surface area contributed by atoms with Crippen molar-refractivity contribution in [3.05, 3.63) is 76.2 Å². The molecule has 9 heteroatoms. The van der Waals surface area contributed by atoms with Crippen molar-refractivity contribution in [1.82, 2.24) is 14.7 Å². The van der Waals surface area contributed by atoms with Gasteiger partial charge in [-0.1, -0.05) is 24.3 Å². The van der Waals surface area contributed by atoms with Gasteiger partial charge in [0.15, 0.2) is 0 Å². The van der Waals surface area contributed by atoms with Crippen LogP contribution in [0.3, 0.4) is 0 Å². The van der Waals surface area contributed by atoms with Gasteiger partial charge in [0.2, 0.25) is 21.5 Å². The molecule has 1 aromatic carbocycles. The number of aromatic amines is 1. The van der Waals surface area contributed by atoms with E-state index in [-0.39, 0.29) is 18.2 Å². The topological polar surface area (TPSA) is 125 Å². The van der Waals surface area contributed by atoms with E-state index in [0.717, 1.165) is 16.8 Å². The Morgan fingerprint density at radius 1 is 1.28 bits per heavy atom. The average Bonchev–Trinajstić information content (AvgIpc) is 3.35. The van der Waals surface area contributed by atoms with Crippen LogP contribution in [0.4, 0.5) is 0 Å². The van der Waals surface area contributed by atoms with Gasteiger partial charge >= 0.3 is 0 Å². The first-order valence-electron chi connectivity index (χ1n) is 10.6. The lowest BCUT2D eigenvalue weighted by Crippen LogP contribution is -2.35. The Morgan fingerprint density at radius 3 is 2.84 bits per heavy atom. The first-order valence-corrected chi connectivity index (χ1v) is 12.5. The van der Waals surface area contributed by atoms with Crippen LogP contribution in [0.2, 0.25) is 0 Å². The zero-order valence-corrected chi connectivity index (χ0v) is 18.7. The summed E-state index contributed by atoms with van der Waals surface area (Å²) in [6.45, 7) is -0.0193. The fourth-order valence-electron chi connectivity index (χ4n) is 4.60. The molecule has 0 radical (unpaired) electrons. The Balaban J connectivity index is 1.67. The summed E-state index contributed by atoms with van der Waals surface area (Å²) >= 11 is 0. The molecule has 0 spiro atoms. The minimum absolute atomic E-state index is 0.0193. The molecule has 1 aliphatic carbocycles. The van der Waals surface area contributed by atoms with Gasteiger partial charge in [-0.2, -0.15) is 0 Å². The maximum Gasteiger partial charge on any atom is 0.248 e. The molecule has 0 amide bonds. The molecule has 1 fully saturated rings. The minimum Gasteiger partial charge on any atom is -0.448 e. The first kappa shape index (κ1) is 22.4. The molecule has 0 bridgehead atoms. The summed E-state index contributed by atoms with van der Waals surface area (Å²) < 4.78 is 32.2. The fourth-order valence-corrected chi connectivity index (χ4v) is 5.40. The maximum atomic E-state index is 11.8. The fraction of sp³-hybridized carbons (Fsp3) is 0.391. The monoisotopic (exact) mass is 457 g/mol. The van der Waals surface area contributed by atoms with Gasteiger partial charge in [0.05, 0.1) is 17.4 Å². The highest BCUT2D eigenvalue weighted by atomic mass is 32.2. The number of rotatable bonds is 8. The van der Waals surface area contributed by atoms with Gasteiger partial charge in [0, 0.05) is 30.8 Å². The third-order valence-corrected chi connectivity index (χ3v) is 6.67. The van der Waals surface area contributed by atoms with E-state index in [2.05, 4.69) is 14.7 Å². The molecular formula is C23H27N3O5S. The zero-order valence-electron chi connectivity index (χ0n) is 17.9. The molecule has 32 heavy (non-hydrogen) atoms. The minimum atomic E-state index is -3.33. The van der Waals surface area contributed by atoms with Crippen molar-refractivity contribution in [2.24, 2.45) is 0 Å². The average molecular weight is 458 g/mol. The third kappa shape index (κ3) is 5.17. The largest absolute Gasteiger partial charge is 0.448 e. The van der Waals surface area contributed by atoms with Crippen LogP contribution in [-0.4, -0.2) is 42.4 Å². The smallest absolute Gasteiger partial charge is 0.248 e. The first-order chi connectivity index (χ1) is 15.3. The highest BCUT2D eigenvalue weighted by molar-refractivity contribution is 7.88. The number of aliphatic hydroxyl groups is 1. The van der Waals surface area contributed by atoms with Gasteiger partial charge in [0.1, 0.15) is 6.26 Å². The lowest BCUT2D eigenvalue weighted by atomic mass is 9.79. The molecule has 0 saturated heterocycles. The molecule has 3 aromatic rings. The van der Waals surface area contributed by atoms with E-state index in [1.54, 1.807) is 12.3 Å². The lowest BCUT2D eigenvalue weighted by Gasteiger charge is -2.26.